The Morgan fingerprint density at radius 1 is 1.19 bits per heavy atom. The van der Waals surface area contributed by atoms with Crippen LogP contribution in [0.4, 0.5) is 10.1 Å². The van der Waals surface area contributed by atoms with E-state index in [0.29, 0.717) is 30.5 Å². The number of anilines is 1. The van der Waals surface area contributed by atoms with Crippen LogP contribution in [0.2, 0.25) is 0 Å². The van der Waals surface area contributed by atoms with E-state index in [2.05, 4.69) is 5.32 Å². The number of halogens is 1. The van der Waals surface area contributed by atoms with Crippen LogP contribution in [0.15, 0.2) is 42.5 Å². The predicted molar refractivity (Wildman–Crippen MR) is 80.4 cm³/mol. The quantitative estimate of drug-likeness (QED) is 0.910. The molecule has 1 aliphatic rings. The van der Waals surface area contributed by atoms with Crippen molar-refractivity contribution < 1.29 is 9.18 Å². The van der Waals surface area contributed by atoms with Gasteiger partial charge < -0.3 is 11.1 Å². The van der Waals surface area contributed by atoms with Crippen molar-refractivity contribution in [3.05, 3.63) is 65.0 Å². The minimum absolute atomic E-state index is 0.0396. The molecule has 0 spiro atoms. The molecule has 1 atom stereocenters. The van der Waals surface area contributed by atoms with Gasteiger partial charge in [-0.05, 0) is 41.7 Å². The molecule has 0 radical (unpaired) electrons. The molecule has 108 valence electrons. The lowest BCUT2D eigenvalue weighted by Gasteiger charge is -2.23. The van der Waals surface area contributed by atoms with Crippen molar-refractivity contribution in [3.8, 4) is 0 Å². The van der Waals surface area contributed by atoms with Gasteiger partial charge in [0.15, 0.2) is 0 Å². The second-order valence-corrected chi connectivity index (χ2v) is 5.37. The molecule has 2 aromatic rings. The number of fused-ring (bicyclic) bond motifs is 1. The third kappa shape index (κ3) is 2.95. The molecule has 1 unspecified atom stereocenters. The minimum Gasteiger partial charge on any atom is -0.326 e. The van der Waals surface area contributed by atoms with E-state index in [9.17, 15) is 9.18 Å². The number of rotatable bonds is 3. The second kappa shape index (κ2) is 5.66. The van der Waals surface area contributed by atoms with Gasteiger partial charge in [-0.2, -0.15) is 0 Å². The third-order valence-corrected chi connectivity index (χ3v) is 3.80. The zero-order chi connectivity index (χ0) is 14.8. The third-order valence-electron chi connectivity index (χ3n) is 3.80. The molecule has 21 heavy (non-hydrogen) atoms. The Morgan fingerprint density at radius 3 is 2.71 bits per heavy atom. The molecule has 3 rings (SSSR count). The van der Waals surface area contributed by atoms with E-state index in [-0.39, 0.29) is 17.8 Å². The van der Waals surface area contributed by atoms with Crippen LogP contribution < -0.4 is 11.1 Å². The highest BCUT2D eigenvalue weighted by atomic mass is 19.1. The lowest BCUT2D eigenvalue weighted by atomic mass is 9.92. The first-order valence-corrected chi connectivity index (χ1v) is 7.05. The Balaban J connectivity index is 1.94. The molecule has 0 aromatic heterocycles. The number of nitrogens with one attached hydrogen (secondary N) is 1. The maximum atomic E-state index is 13.8. The van der Waals surface area contributed by atoms with Crippen molar-refractivity contribution in [3.63, 3.8) is 0 Å². The van der Waals surface area contributed by atoms with E-state index in [4.69, 9.17) is 5.73 Å². The number of benzene rings is 2. The van der Waals surface area contributed by atoms with Crippen molar-refractivity contribution in [1.29, 1.82) is 0 Å². The standard InChI is InChI=1S/C17H17FN2O/c18-13-9-12-6-7-16(21)20-17(12)14(10-13)15(19)8-11-4-2-1-3-5-11/h1-5,9-10,15H,6-8,19H2,(H,20,21). The van der Waals surface area contributed by atoms with E-state index in [1.165, 1.54) is 12.1 Å². The predicted octanol–water partition coefficient (Wildman–Crippen LogP) is 2.95. The van der Waals surface area contributed by atoms with E-state index in [1.54, 1.807) is 0 Å². The minimum atomic E-state index is -0.352. The summed E-state index contributed by atoms with van der Waals surface area (Å²) in [6.07, 6.45) is 1.56. The molecule has 1 aliphatic heterocycles. The Kier molecular flexibility index (Phi) is 3.71. The normalized spacial score (nSPS) is 15.2. The second-order valence-electron chi connectivity index (χ2n) is 5.37. The molecule has 0 fully saturated rings. The van der Waals surface area contributed by atoms with Gasteiger partial charge >= 0.3 is 0 Å². The van der Waals surface area contributed by atoms with Crippen LogP contribution in [0.3, 0.4) is 0 Å². The zero-order valence-corrected chi connectivity index (χ0v) is 11.6. The highest BCUT2D eigenvalue weighted by Gasteiger charge is 2.22. The van der Waals surface area contributed by atoms with Crippen LogP contribution >= 0.6 is 0 Å². The number of hydrogen-bond donors (Lipinski definition) is 2. The summed E-state index contributed by atoms with van der Waals surface area (Å²) in [6.45, 7) is 0. The first kappa shape index (κ1) is 13.8. The summed E-state index contributed by atoms with van der Waals surface area (Å²) in [6, 6.07) is 12.4. The summed E-state index contributed by atoms with van der Waals surface area (Å²) < 4.78 is 13.8. The smallest absolute Gasteiger partial charge is 0.224 e. The van der Waals surface area contributed by atoms with Gasteiger partial charge in [0.05, 0.1) is 0 Å². The van der Waals surface area contributed by atoms with Gasteiger partial charge in [0.2, 0.25) is 5.91 Å². The number of nitrogens with two attached hydrogens (primary N) is 1. The maximum Gasteiger partial charge on any atom is 0.224 e. The summed E-state index contributed by atoms with van der Waals surface area (Å²) in [5.41, 5.74) is 9.52. The fourth-order valence-corrected chi connectivity index (χ4v) is 2.76. The van der Waals surface area contributed by atoms with Gasteiger partial charge in [0.1, 0.15) is 5.82 Å². The molecular weight excluding hydrogens is 267 g/mol. The molecule has 1 amide bonds. The van der Waals surface area contributed by atoms with Crippen LogP contribution in [0.25, 0.3) is 0 Å². The van der Waals surface area contributed by atoms with Crippen LogP contribution in [0, 0.1) is 5.82 Å². The van der Waals surface area contributed by atoms with Crippen molar-refractivity contribution in [2.45, 2.75) is 25.3 Å². The van der Waals surface area contributed by atoms with Gasteiger partial charge in [-0.3, -0.25) is 4.79 Å². The van der Waals surface area contributed by atoms with Crippen LogP contribution in [0.5, 0.6) is 0 Å². The van der Waals surface area contributed by atoms with E-state index < -0.39 is 0 Å². The van der Waals surface area contributed by atoms with Crippen molar-refractivity contribution in [2.24, 2.45) is 5.73 Å². The van der Waals surface area contributed by atoms with Gasteiger partial charge in [-0.25, -0.2) is 4.39 Å². The van der Waals surface area contributed by atoms with Gasteiger partial charge in [-0.1, -0.05) is 30.3 Å². The fraction of sp³-hybridized carbons (Fsp3) is 0.235. The first-order valence-electron chi connectivity index (χ1n) is 7.05. The summed E-state index contributed by atoms with van der Waals surface area (Å²) in [4.78, 5) is 11.6. The largest absolute Gasteiger partial charge is 0.326 e. The number of carbonyl (C=O) groups is 1. The molecule has 4 heteroatoms. The highest BCUT2D eigenvalue weighted by Crippen LogP contribution is 2.32. The molecular formula is C17H17FN2O. The number of hydrogen-bond acceptors (Lipinski definition) is 2. The average Bonchev–Trinajstić information content (AvgIpc) is 2.48. The average molecular weight is 284 g/mol. The molecule has 0 saturated carbocycles. The molecule has 1 heterocycles. The van der Waals surface area contributed by atoms with E-state index >= 15 is 0 Å². The summed E-state index contributed by atoms with van der Waals surface area (Å²) in [5, 5.41) is 2.84. The van der Waals surface area contributed by atoms with Crippen molar-refractivity contribution in [1.82, 2.24) is 0 Å². The molecule has 2 aromatic carbocycles. The Morgan fingerprint density at radius 2 is 1.95 bits per heavy atom. The molecule has 0 saturated heterocycles. The first-order chi connectivity index (χ1) is 10.1. The van der Waals surface area contributed by atoms with E-state index in [0.717, 1.165) is 11.1 Å². The molecule has 3 nitrogen and oxygen atoms in total. The fourth-order valence-electron chi connectivity index (χ4n) is 2.76. The number of carbonyl (C=O) groups excluding carboxylic acids is 1. The maximum absolute atomic E-state index is 13.8. The number of aryl methyl sites for hydroxylation is 1. The topological polar surface area (TPSA) is 55.1 Å². The van der Waals surface area contributed by atoms with E-state index in [1.807, 2.05) is 30.3 Å². The van der Waals surface area contributed by atoms with Gasteiger partial charge in [-0.15, -0.1) is 0 Å². The summed E-state index contributed by atoms with van der Waals surface area (Å²) in [7, 11) is 0. The molecule has 0 bridgehead atoms. The Labute approximate surface area is 123 Å². The van der Waals surface area contributed by atoms with Gasteiger partial charge in [0.25, 0.3) is 0 Å². The van der Waals surface area contributed by atoms with Crippen LogP contribution in [-0.2, 0) is 17.6 Å². The van der Waals surface area contributed by atoms with Crippen molar-refractivity contribution in [2.75, 3.05) is 5.32 Å². The summed E-state index contributed by atoms with van der Waals surface area (Å²) in [5.74, 6) is -0.342. The monoisotopic (exact) mass is 284 g/mol. The van der Waals surface area contributed by atoms with Gasteiger partial charge in [0, 0.05) is 18.2 Å². The van der Waals surface area contributed by atoms with Crippen LogP contribution in [-0.4, -0.2) is 5.91 Å². The highest BCUT2D eigenvalue weighted by molar-refractivity contribution is 5.95. The lowest BCUT2D eigenvalue weighted by molar-refractivity contribution is -0.116. The molecule has 0 aliphatic carbocycles. The van der Waals surface area contributed by atoms with Crippen molar-refractivity contribution >= 4 is 11.6 Å². The SMILES string of the molecule is NC(Cc1ccccc1)c1cc(F)cc2c1NC(=O)CC2. The summed E-state index contributed by atoms with van der Waals surface area (Å²) >= 11 is 0. The number of amides is 1. The lowest BCUT2D eigenvalue weighted by Crippen LogP contribution is -2.24. The zero-order valence-electron chi connectivity index (χ0n) is 11.6. The van der Waals surface area contributed by atoms with Crippen LogP contribution in [0.1, 0.15) is 29.2 Å². The Bertz CT molecular complexity index is 670. The Hall–Kier alpha value is -2.20. The molecule has 3 N–H and O–H groups in total.